The van der Waals surface area contributed by atoms with Gasteiger partial charge in [0.1, 0.15) is 11.6 Å². The summed E-state index contributed by atoms with van der Waals surface area (Å²) in [6, 6.07) is 31.3. The molecule has 5 nitrogen and oxygen atoms in total. The number of anilines is 1. The van der Waals surface area contributed by atoms with Crippen LogP contribution in [0.15, 0.2) is 97.1 Å². The number of carbonyl (C=O) groups excluding carboxylic acids is 1. The number of benzene rings is 3. The molecule has 0 aliphatic carbocycles. The molecular weight excluding hydrogens is 384 g/mol. The molecule has 150 valence electrons. The van der Waals surface area contributed by atoms with Crippen molar-refractivity contribution in [1.29, 1.82) is 0 Å². The molecule has 0 bridgehead atoms. The van der Waals surface area contributed by atoms with E-state index in [0.717, 1.165) is 39.2 Å². The molecule has 2 heterocycles. The number of hydrogen-bond donors (Lipinski definition) is 2. The number of nitrogens with one attached hydrogen (secondary N) is 2. The quantitative estimate of drug-likeness (QED) is 0.408. The molecule has 2 N–H and O–H groups in total. The first-order valence-electron chi connectivity index (χ1n) is 10.1. The van der Waals surface area contributed by atoms with E-state index >= 15 is 0 Å². The highest BCUT2D eigenvalue weighted by Gasteiger charge is 2.09. The molecule has 0 atom stereocenters. The van der Waals surface area contributed by atoms with Gasteiger partial charge >= 0.3 is 0 Å². The largest absolute Gasteiger partial charge is 0.338 e. The van der Waals surface area contributed by atoms with Gasteiger partial charge in [0.2, 0.25) is 5.91 Å². The van der Waals surface area contributed by atoms with E-state index in [2.05, 4.69) is 15.3 Å². The van der Waals surface area contributed by atoms with Crippen molar-refractivity contribution in [3.05, 3.63) is 103 Å². The second-order valence-electron chi connectivity index (χ2n) is 7.30. The third-order valence-electron chi connectivity index (χ3n) is 5.05. The van der Waals surface area contributed by atoms with Crippen molar-refractivity contribution in [3.63, 3.8) is 0 Å². The van der Waals surface area contributed by atoms with Gasteiger partial charge in [0, 0.05) is 11.1 Å². The normalized spacial score (nSPS) is 10.8. The Labute approximate surface area is 179 Å². The van der Waals surface area contributed by atoms with Gasteiger partial charge in [0.05, 0.1) is 23.1 Å². The van der Waals surface area contributed by atoms with E-state index in [0.29, 0.717) is 12.2 Å². The number of pyridine rings is 1. The Bertz CT molecular complexity index is 1340. The van der Waals surface area contributed by atoms with Crippen LogP contribution in [0.2, 0.25) is 0 Å². The Morgan fingerprint density at radius 2 is 1.55 bits per heavy atom. The molecule has 3 aromatic carbocycles. The van der Waals surface area contributed by atoms with Crippen molar-refractivity contribution in [3.8, 4) is 22.6 Å². The molecule has 0 spiro atoms. The summed E-state index contributed by atoms with van der Waals surface area (Å²) < 4.78 is 0. The summed E-state index contributed by atoms with van der Waals surface area (Å²) in [6.45, 7) is 0. The third-order valence-corrected chi connectivity index (χ3v) is 5.05. The number of hydrogen-bond acceptors (Lipinski definition) is 3. The monoisotopic (exact) mass is 404 g/mol. The maximum absolute atomic E-state index is 12.4. The number of carbonyl (C=O) groups is 1. The highest BCUT2D eigenvalue weighted by molar-refractivity contribution is 5.91. The number of fused-ring (bicyclic) bond motifs is 1. The van der Waals surface area contributed by atoms with Crippen molar-refractivity contribution >= 4 is 22.8 Å². The van der Waals surface area contributed by atoms with Crippen LogP contribution in [0.3, 0.4) is 0 Å². The smallest absolute Gasteiger partial charge is 0.229 e. The molecule has 0 aliphatic heterocycles. The molecular formula is C26H20N4O. The Morgan fingerprint density at radius 1 is 0.774 bits per heavy atom. The highest BCUT2D eigenvalue weighted by Crippen LogP contribution is 2.25. The Morgan fingerprint density at radius 3 is 2.35 bits per heavy atom. The van der Waals surface area contributed by atoms with E-state index in [1.807, 2.05) is 91.0 Å². The number of aromatic nitrogens is 3. The number of aromatic amines is 1. The van der Waals surface area contributed by atoms with Crippen LogP contribution >= 0.6 is 0 Å². The van der Waals surface area contributed by atoms with Crippen molar-refractivity contribution in [2.24, 2.45) is 0 Å². The summed E-state index contributed by atoms with van der Waals surface area (Å²) in [4.78, 5) is 25.1. The third kappa shape index (κ3) is 4.21. The van der Waals surface area contributed by atoms with Gasteiger partial charge in [-0.15, -0.1) is 0 Å². The lowest BCUT2D eigenvalue weighted by Crippen LogP contribution is -2.15. The zero-order valence-electron chi connectivity index (χ0n) is 16.7. The summed E-state index contributed by atoms with van der Waals surface area (Å²) >= 11 is 0. The van der Waals surface area contributed by atoms with Crippen LogP contribution in [0.1, 0.15) is 5.56 Å². The minimum atomic E-state index is -0.0916. The fourth-order valence-corrected chi connectivity index (χ4v) is 3.53. The molecule has 5 heteroatoms. The molecule has 31 heavy (non-hydrogen) atoms. The molecule has 5 aromatic rings. The molecule has 1 amide bonds. The molecule has 0 fully saturated rings. The fourth-order valence-electron chi connectivity index (χ4n) is 3.53. The van der Waals surface area contributed by atoms with E-state index in [1.165, 1.54) is 0 Å². The maximum atomic E-state index is 12.4. The number of nitrogens with zero attached hydrogens (tertiary/aromatic N) is 2. The predicted molar refractivity (Wildman–Crippen MR) is 124 cm³/mol. The molecule has 0 aliphatic rings. The summed E-state index contributed by atoms with van der Waals surface area (Å²) in [7, 11) is 0. The minimum absolute atomic E-state index is 0.0916. The molecule has 0 radical (unpaired) electrons. The average Bonchev–Trinajstić information content (AvgIpc) is 3.24. The van der Waals surface area contributed by atoms with Gasteiger partial charge in [0.15, 0.2) is 0 Å². The number of amides is 1. The lowest BCUT2D eigenvalue weighted by Gasteiger charge is -2.07. The minimum Gasteiger partial charge on any atom is -0.338 e. The van der Waals surface area contributed by atoms with Gasteiger partial charge in [0.25, 0.3) is 0 Å². The van der Waals surface area contributed by atoms with Crippen LogP contribution in [0.4, 0.5) is 5.82 Å². The summed E-state index contributed by atoms with van der Waals surface area (Å²) in [6.07, 6.45) is 0.314. The second-order valence-corrected chi connectivity index (χ2v) is 7.30. The van der Waals surface area contributed by atoms with E-state index in [9.17, 15) is 4.79 Å². The average molecular weight is 404 g/mol. The fraction of sp³-hybridized carbons (Fsp3) is 0.0385. The van der Waals surface area contributed by atoms with Gasteiger partial charge in [-0.3, -0.25) is 4.79 Å². The molecule has 5 rings (SSSR count). The van der Waals surface area contributed by atoms with Crippen LogP contribution in [0.25, 0.3) is 33.7 Å². The van der Waals surface area contributed by atoms with E-state index in [4.69, 9.17) is 4.98 Å². The molecule has 0 unspecified atom stereocenters. The molecule has 0 saturated heterocycles. The zero-order valence-corrected chi connectivity index (χ0v) is 16.7. The summed E-state index contributed by atoms with van der Waals surface area (Å²) in [5, 5.41) is 2.89. The van der Waals surface area contributed by atoms with E-state index in [1.54, 1.807) is 6.07 Å². The van der Waals surface area contributed by atoms with Crippen LogP contribution in [0, 0.1) is 0 Å². The molecule has 0 saturated carbocycles. The Kier molecular flexibility index (Phi) is 4.99. The first kappa shape index (κ1) is 18.8. The number of H-pyrrole nitrogens is 1. The lowest BCUT2D eigenvalue weighted by atomic mass is 10.1. The SMILES string of the molecule is O=C(Cc1ccccc1)Nc1cccc(-c2ccc3[nH]c(-c4ccccc4)nc3c2)n1. The van der Waals surface area contributed by atoms with E-state index in [-0.39, 0.29) is 5.91 Å². The number of rotatable bonds is 5. The standard InChI is InChI=1S/C26H20N4O/c31-25(16-18-8-3-1-4-9-18)30-24-13-7-12-21(27-24)20-14-15-22-23(17-20)29-26(28-22)19-10-5-2-6-11-19/h1-15,17H,16H2,(H,28,29)(H,27,30,31). The Balaban J connectivity index is 1.38. The lowest BCUT2D eigenvalue weighted by molar-refractivity contribution is -0.115. The van der Waals surface area contributed by atoms with Gasteiger partial charge in [-0.2, -0.15) is 0 Å². The first-order chi connectivity index (χ1) is 15.2. The van der Waals surface area contributed by atoms with Crippen LogP contribution in [-0.4, -0.2) is 20.9 Å². The maximum Gasteiger partial charge on any atom is 0.229 e. The van der Waals surface area contributed by atoms with Crippen molar-refractivity contribution in [2.45, 2.75) is 6.42 Å². The van der Waals surface area contributed by atoms with Crippen LogP contribution in [0.5, 0.6) is 0 Å². The van der Waals surface area contributed by atoms with Gasteiger partial charge < -0.3 is 10.3 Å². The van der Waals surface area contributed by atoms with Gasteiger partial charge in [-0.05, 0) is 29.8 Å². The van der Waals surface area contributed by atoms with Crippen molar-refractivity contribution in [1.82, 2.24) is 15.0 Å². The summed E-state index contributed by atoms with van der Waals surface area (Å²) in [5.74, 6) is 1.28. The number of imidazole rings is 1. The highest BCUT2D eigenvalue weighted by atomic mass is 16.1. The zero-order chi connectivity index (χ0) is 21.0. The van der Waals surface area contributed by atoms with Crippen LogP contribution in [-0.2, 0) is 11.2 Å². The topological polar surface area (TPSA) is 70.7 Å². The predicted octanol–water partition coefficient (Wildman–Crippen LogP) is 5.47. The van der Waals surface area contributed by atoms with Crippen molar-refractivity contribution in [2.75, 3.05) is 5.32 Å². The summed E-state index contributed by atoms with van der Waals surface area (Å²) in [5.41, 5.74) is 5.57. The van der Waals surface area contributed by atoms with E-state index < -0.39 is 0 Å². The van der Waals surface area contributed by atoms with Gasteiger partial charge in [-0.1, -0.05) is 72.8 Å². The van der Waals surface area contributed by atoms with Crippen molar-refractivity contribution < 1.29 is 4.79 Å². The Hall–Kier alpha value is -4.25. The van der Waals surface area contributed by atoms with Crippen LogP contribution < -0.4 is 5.32 Å². The first-order valence-corrected chi connectivity index (χ1v) is 10.1. The second kappa shape index (κ2) is 8.24. The molecule has 2 aromatic heterocycles. The van der Waals surface area contributed by atoms with Gasteiger partial charge in [-0.25, -0.2) is 9.97 Å².